The summed E-state index contributed by atoms with van der Waals surface area (Å²) in [5.41, 5.74) is 0.873. The first-order valence-corrected chi connectivity index (χ1v) is 8.03. The zero-order valence-electron chi connectivity index (χ0n) is 11.4. The van der Waals surface area contributed by atoms with Gasteiger partial charge in [0.25, 0.3) is 10.0 Å². The molecule has 1 aliphatic carbocycles. The van der Waals surface area contributed by atoms with Gasteiger partial charge in [0.05, 0.1) is 0 Å². The Hall–Kier alpha value is -1.76. The molecule has 0 spiro atoms. The molecule has 0 saturated carbocycles. The van der Waals surface area contributed by atoms with Gasteiger partial charge in [-0.15, -0.1) is 0 Å². The van der Waals surface area contributed by atoms with Gasteiger partial charge in [-0.1, -0.05) is 5.16 Å². The molecule has 6 nitrogen and oxygen atoms in total. The van der Waals surface area contributed by atoms with Crippen molar-refractivity contribution >= 4 is 15.8 Å². The van der Waals surface area contributed by atoms with E-state index in [1.54, 1.807) is 13.8 Å². The summed E-state index contributed by atoms with van der Waals surface area (Å²) in [7, 11) is -3.69. The predicted octanol–water partition coefficient (Wildman–Crippen LogP) is 2.56. The highest BCUT2D eigenvalue weighted by Gasteiger charge is 2.26. The normalized spacial score (nSPS) is 15.1. The molecule has 3 rings (SSSR count). The number of sulfonamides is 1. The summed E-state index contributed by atoms with van der Waals surface area (Å²) in [5, 5.41) is 3.85. The van der Waals surface area contributed by atoms with Crippen LogP contribution in [0.5, 0.6) is 0 Å². The van der Waals surface area contributed by atoms with Gasteiger partial charge < -0.3 is 8.94 Å². The van der Waals surface area contributed by atoms with Gasteiger partial charge in [-0.3, -0.25) is 4.72 Å². The van der Waals surface area contributed by atoms with Crippen molar-refractivity contribution in [1.29, 1.82) is 0 Å². The van der Waals surface area contributed by atoms with Crippen molar-refractivity contribution < 1.29 is 17.4 Å². The second kappa shape index (κ2) is 4.66. The van der Waals surface area contributed by atoms with Crippen molar-refractivity contribution in [3.63, 3.8) is 0 Å². The summed E-state index contributed by atoms with van der Waals surface area (Å²) < 4.78 is 37.7. The number of nitrogens with one attached hydrogen (secondary N) is 1. The van der Waals surface area contributed by atoms with E-state index < -0.39 is 10.0 Å². The number of anilines is 1. The minimum Gasteiger partial charge on any atom is -0.465 e. The first-order valence-electron chi connectivity index (χ1n) is 6.54. The second-order valence-electron chi connectivity index (χ2n) is 5.02. The van der Waals surface area contributed by atoms with E-state index >= 15 is 0 Å². The smallest absolute Gasteiger partial charge is 0.266 e. The molecular formula is C13H16N2O4S. The molecule has 0 saturated heterocycles. The topological polar surface area (TPSA) is 85.3 Å². The largest absolute Gasteiger partial charge is 0.465 e. The monoisotopic (exact) mass is 296 g/mol. The molecule has 0 radical (unpaired) electrons. The van der Waals surface area contributed by atoms with E-state index in [1.807, 2.05) is 0 Å². The van der Waals surface area contributed by atoms with Crippen LogP contribution in [0, 0.1) is 13.8 Å². The fraction of sp³-hybridized carbons (Fsp3) is 0.462. The van der Waals surface area contributed by atoms with Crippen LogP contribution in [0.4, 0.5) is 5.82 Å². The Kier molecular flexibility index (Phi) is 3.08. The maximum Gasteiger partial charge on any atom is 0.266 e. The lowest BCUT2D eigenvalue weighted by Crippen LogP contribution is -2.15. The minimum absolute atomic E-state index is 0.141. The van der Waals surface area contributed by atoms with Crippen molar-refractivity contribution in [2.24, 2.45) is 0 Å². The van der Waals surface area contributed by atoms with Crippen LogP contribution >= 0.6 is 0 Å². The van der Waals surface area contributed by atoms with Crippen LogP contribution in [-0.4, -0.2) is 13.6 Å². The number of hydrogen-bond donors (Lipinski definition) is 1. The average Bonchev–Trinajstić information content (AvgIpc) is 2.94. The molecule has 1 N–H and O–H groups in total. The van der Waals surface area contributed by atoms with Gasteiger partial charge >= 0.3 is 0 Å². The first-order chi connectivity index (χ1) is 9.47. The highest BCUT2D eigenvalue weighted by Crippen LogP contribution is 2.29. The molecule has 0 atom stereocenters. The number of aromatic nitrogens is 1. The number of nitrogens with zero attached hydrogens (tertiary/aromatic N) is 1. The van der Waals surface area contributed by atoms with Gasteiger partial charge in [-0.2, -0.15) is 0 Å². The standard InChI is InChI=1S/C13H16N2O4S/c1-8-7-12(9(2)18-8)20(16,17)15-13-10-5-3-4-6-11(10)19-14-13/h7H,3-6H2,1-2H3,(H,14,15). The number of hydrogen-bond acceptors (Lipinski definition) is 5. The van der Waals surface area contributed by atoms with Crippen molar-refractivity contribution in [3.8, 4) is 0 Å². The Morgan fingerprint density at radius 2 is 2.00 bits per heavy atom. The summed E-state index contributed by atoms with van der Waals surface area (Å²) in [6, 6.07) is 1.50. The van der Waals surface area contributed by atoms with Gasteiger partial charge in [-0.25, -0.2) is 8.42 Å². The molecule has 0 bridgehead atoms. The second-order valence-corrected chi connectivity index (χ2v) is 6.67. The molecule has 0 fully saturated rings. The van der Waals surface area contributed by atoms with Crippen molar-refractivity contribution in [1.82, 2.24) is 5.16 Å². The highest BCUT2D eigenvalue weighted by atomic mass is 32.2. The summed E-state index contributed by atoms with van der Waals surface area (Å²) in [5.74, 6) is 2.02. The fourth-order valence-electron chi connectivity index (χ4n) is 2.52. The highest BCUT2D eigenvalue weighted by molar-refractivity contribution is 7.92. The molecule has 2 aromatic rings. The van der Waals surface area contributed by atoms with Crippen molar-refractivity contribution in [3.05, 3.63) is 28.9 Å². The van der Waals surface area contributed by atoms with Gasteiger partial charge in [0.1, 0.15) is 22.2 Å². The number of aryl methyl sites for hydroxylation is 3. The minimum atomic E-state index is -3.69. The molecule has 0 amide bonds. The number of furan rings is 1. The molecule has 0 aliphatic heterocycles. The zero-order valence-corrected chi connectivity index (χ0v) is 12.2. The Bertz CT molecular complexity index is 743. The first kappa shape index (κ1) is 13.2. The van der Waals surface area contributed by atoms with Crippen molar-refractivity contribution in [2.45, 2.75) is 44.4 Å². The van der Waals surface area contributed by atoms with Gasteiger partial charge in [0, 0.05) is 18.1 Å². The molecule has 108 valence electrons. The molecule has 7 heteroatoms. The fourth-order valence-corrected chi connectivity index (χ4v) is 3.79. The molecule has 20 heavy (non-hydrogen) atoms. The Morgan fingerprint density at radius 3 is 2.70 bits per heavy atom. The number of rotatable bonds is 3. The molecule has 0 aromatic carbocycles. The quantitative estimate of drug-likeness (QED) is 0.940. The average molecular weight is 296 g/mol. The lowest BCUT2D eigenvalue weighted by molar-refractivity contribution is 0.374. The third-order valence-electron chi connectivity index (χ3n) is 3.47. The van der Waals surface area contributed by atoms with Crippen LogP contribution in [0.25, 0.3) is 0 Å². The van der Waals surface area contributed by atoms with Crippen LogP contribution in [0.15, 0.2) is 19.9 Å². The predicted molar refractivity (Wildman–Crippen MR) is 72.1 cm³/mol. The van der Waals surface area contributed by atoms with E-state index in [-0.39, 0.29) is 4.90 Å². The molecular weight excluding hydrogens is 280 g/mol. The molecule has 1 aliphatic rings. The van der Waals surface area contributed by atoms with Crippen molar-refractivity contribution in [2.75, 3.05) is 4.72 Å². The van der Waals surface area contributed by atoms with Gasteiger partial charge in [0.2, 0.25) is 0 Å². The van der Waals surface area contributed by atoms with Gasteiger partial charge in [0.15, 0.2) is 5.82 Å². The van der Waals surface area contributed by atoms with E-state index in [0.717, 1.165) is 37.0 Å². The Labute approximate surface area is 117 Å². The van der Waals surface area contributed by atoms with Crippen LogP contribution in [0.2, 0.25) is 0 Å². The Balaban J connectivity index is 1.94. The lowest BCUT2D eigenvalue weighted by atomic mass is 9.98. The lowest BCUT2D eigenvalue weighted by Gasteiger charge is -2.10. The molecule has 2 heterocycles. The zero-order chi connectivity index (χ0) is 14.3. The van der Waals surface area contributed by atoms with E-state index in [4.69, 9.17) is 8.94 Å². The Morgan fingerprint density at radius 1 is 1.25 bits per heavy atom. The third-order valence-corrected chi connectivity index (χ3v) is 4.91. The molecule has 2 aromatic heterocycles. The summed E-state index contributed by atoms with van der Waals surface area (Å²) in [4.78, 5) is 0.141. The van der Waals surface area contributed by atoms with E-state index in [2.05, 4.69) is 9.88 Å². The molecule has 0 unspecified atom stereocenters. The van der Waals surface area contributed by atoms with E-state index in [9.17, 15) is 8.42 Å². The van der Waals surface area contributed by atoms with E-state index in [0.29, 0.717) is 17.3 Å². The van der Waals surface area contributed by atoms with E-state index in [1.165, 1.54) is 6.07 Å². The summed E-state index contributed by atoms with van der Waals surface area (Å²) >= 11 is 0. The van der Waals surface area contributed by atoms with Crippen LogP contribution in [0.3, 0.4) is 0 Å². The van der Waals surface area contributed by atoms with Crippen LogP contribution in [-0.2, 0) is 22.9 Å². The summed E-state index contributed by atoms with van der Waals surface area (Å²) in [6.07, 6.45) is 3.68. The van der Waals surface area contributed by atoms with Crippen LogP contribution < -0.4 is 4.72 Å². The third kappa shape index (κ3) is 2.22. The SMILES string of the molecule is Cc1cc(S(=O)(=O)Nc2noc3c2CCCC3)c(C)o1. The maximum absolute atomic E-state index is 12.4. The van der Waals surface area contributed by atoms with Gasteiger partial charge in [-0.05, 0) is 33.1 Å². The number of fused-ring (bicyclic) bond motifs is 1. The maximum atomic E-state index is 12.4. The van der Waals surface area contributed by atoms with Crippen LogP contribution in [0.1, 0.15) is 35.7 Å². The summed E-state index contributed by atoms with van der Waals surface area (Å²) in [6.45, 7) is 3.34.